The van der Waals surface area contributed by atoms with Crippen LogP contribution >= 0.6 is 12.2 Å². The molecule has 6 nitrogen and oxygen atoms in total. The van der Waals surface area contributed by atoms with E-state index in [1.54, 1.807) is 19.1 Å². The monoisotopic (exact) mass is 436 g/mol. The Morgan fingerprint density at radius 2 is 1.81 bits per heavy atom. The zero-order valence-corrected chi connectivity index (χ0v) is 18.7. The Bertz CT molecular complexity index is 983. The van der Waals surface area contributed by atoms with Crippen LogP contribution < -0.4 is 20.3 Å². The van der Waals surface area contributed by atoms with Gasteiger partial charge in [-0.3, -0.25) is 9.79 Å². The summed E-state index contributed by atoms with van der Waals surface area (Å²) in [7, 11) is 3.43. The third-order valence-electron chi connectivity index (χ3n) is 5.98. The van der Waals surface area contributed by atoms with Gasteiger partial charge in [-0.15, -0.1) is 0 Å². The first-order valence-electron chi connectivity index (χ1n) is 10.7. The van der Waals surface area contributed by atoms with E-state index in [-0.39, 0.29) is 5.91 Å². The summed E-state index contributed by atoms with van der Waals surface area (Å²) in [6.45, 7) is 0. The number of methoxy groups -OCH3 is 1. The zero-order chi connectivity index (χ0) is 21.8. The molecule has 1 heterocycles. The summed E-state index contributed by atoms with van der Waals surface area (Å²) in [4.78, 5) is 19.9. The lowest BCUT2D eigenvalue weighted by Crippen LogP contribution is -2.47. The van der Waals surface area contributed by atoms with Gasteiger partial charge in [-0.2, -0.15) is 0 Å². The first-order valence-corrected chi connectivity index (χ1v) is 11.1. The van der Waals surface area contributed by atoms with Gasteiger partial charge < -0.3 is 20.3 Å². The molecule has 1 atom stereocenters. The summed E-state index contributed by atoms with van der Waals surface area (Å²) in [6.07, 6.45) is 5.10. The fraction of sp³-hybridized carbons (Fsp3) is 0.375. The van der Waals surface area contributed by atoms with Gasteiger partial charge in [0.2, 0.25) is 6.17 Å². The van der Waals surface area contributed by atoms with Crippen LogP contribution in [0.2, 0.25) is 0 Å². The maximum Gasteiger partial charge on any atom is 0.272 e. The standard InChI is InChI=1S/C24H28N4O2S/c1-28-20-11-7-6-10-19(20)21(16-8-4-3-5-9-16)26-22(23(28)29)27-24(31)25-17-12-14-18(30-2)15-13-17/h6-7,10-16,22H,3-5,8-9H2,1-2H3,(H2,25,27,31). The highest BCUT2D eigenvalue weighted by molar-refractivity contribution is 7.80. The average molecular weight is 437 g/mol. The largest absolute Gasteiger partial charge is 0.497 e. The quantitative estimate of drug-likeness (QED) is 0.698. The van der Waals surface area contributed by atoms with Crippen LogP contribution in [0.3, 0.4) is 0 Å². The number of carbonyl (C=O) groups is 1. The molecule has 4 rings (SSSR count). The third kappa shape index (κ3) is 4.71. The Labute approximate surface area is 188 Å². The van der Waals surface area contributed by atoms with Gasteiger partial charge in [-0.25, -0.2) is 0 Å². The van der Waals surface area contributed by atoms with Gasteiger partial charge >= 0.3 is 0 Å². The molecule has 2 aliphatic rings. The summed E-state index contributed by atoms with van der Waals surface area (Å²) in [5.74, 6) is 1.00. The Hall–Kier alpha value is -2.93. The van der Waals surface area contributed by atoms with Crippen LogP contribution in [-0.4, -0.2) is 37.1 Å². The fourth-order valence-corrected chi connectivity index (χ4v) is 4.54. The number of aliphatic imine (C=N–C) groups is 1. The van der Waals surface area contributed by atoms with E-state index in [9.17, 15) is 4.79 Å². The van der Waals surface area contributed by atoms with E-state index in [2.05, 4.69) is 16.7 Å². The molecule has 0 radical (unpaired) electrons. The van der Waals surface area contributed by atoms with Crippen molar-refractivity contribution in [2.45, 2.75) is 38.3 Å². The van der Waals surface area contributed by atoms with Crippen molar-refractivity contribution in [3.05, 3.63) is 54.1 Å². The minimum absolute atomic E-state index is 0.128. The van der Waals surface area contributed by atoms with Crippen molar-refractivity contribution in [2.75, 3.05) is 24.4 Å². The number of anilines is 2. The lowest BCUT2D eigenvalue weighted by molar-refractivity contribution is -0.119. The van der Waals surface area contributed by atoms with E-state index in [4.69, 9.17) is 21.9 Å². The fourth-order valence-electron chi connectivity index (χ4n) is 4.31. The Kier molecular flexibility index (Phi) is 6.51. The number of benzodiazepines with no additional fused rings is 1. The number of benzene rings is 2. The van der Waals surface area contributed by atoms with E-state index >= 15 is 0 Å². The summed E-state index contributed by atoms with van der Waals surface area (Å²) in [5, 5.41) is 6.62. The number of thiocarbonyl (C=S) groups is 1. The number of hydrogen-bond donors (Lipinski definition) is 2. The summed E-state index contributed by atoms with van der Waals surface area (Å²) in [6, 6.07) is 15.5. The van der Waals surface area contributed by atoms with Gasteiger partial charge in [0.05, 0.1) is 18.5 Å². The predicted octanol–water partition coefficient (Wildman–Crippen LogP) is 4.35. The molecule has 1 fully saturated rings. The SMILES string of the molecule is COc1ccc(NC(=S)NC2N=C(C3CCCCC3)c3ccccc3N(C)C2=O)cc1. The van der Waals surface area contributed by atoms with Gasteiger partial charge in [0.25, 0.3) is 5.91 Å². The molecular formula is C24H28N4O2S. The van der Waals surface area contributed by atoms with Gasteiger partial charge in [0.1, 0.15) is 5.75 Å². The number of nitrogens with zero attached hydrogens (tertiary/aromatic N) is 2. The molecular weight excluding hydrogens is 408 g/mol. The van der Waals surface area contributed by atoms with Crippen LogP contribution in [0.15, 0.2) is 53.5 Å². The molecule has 1 amide bonds. The molecule has 1 unspecified atom stereocenters. The average Bonchev–Trinajstić information content (AvgIpc) is 2.91. The van der Waals surface area contributed by atoms with Crippen LogP contribution in [0, 0.1) is 5.92 Å². The number of likely N-dealkylation sites (N-methyl/N-ethyl adjacent to an activating group) is 1. The molecule has 0 bridgehead atoms. The number of carbonyl (C=O) groups excluding carboxylic acids is 1. The maximum absolute atomic E-state index is 13.3. The molecule has 7 heteroatoms. The van der Waals surface area contributed by atoms with E-state index in [0.717, 1.165) is 41.2 Å². The second kappa shape index (κ2) is 9.47. The second-order valence-corrected chi connectivity index (χ2v) is 8.40. The third-order valence-corrected chi connectivity index (χ3v) is 6.20. The van der Waals surface area contributed by atoms with E-state index in [1.807, 2.05) is 42.5 Å². The smallest absolute Gasteiger partial charge is 0.272 e. The molecule has 31 heavy (non-hydrogen) atoms. The molecule has 1 saturated carbocycles. The molecule has 1 aliphatic heterocycles. The Morgan fingerprint density at radius 1 is 1.10 bits per heavy atom. The van der Waals surface area contributed by atoms with Crippen molar-refractivity contribution < 1.29 is 9.53 Å². The van der Waals surface area contributed by atoms with Gasteiger partial charge in [0.15, 0.2) is 5.11 Å². The van der Waals surface area contributed by atoms with Crippen molar-refractivity contribution in [3.8, 4) is 5.75 Å². The maximum atomic E-state index is 13.3. The summed E-state index contributed by atoms with van der Waals surface area (Å²) in [5.41, 5.74) is 3.77. The number of fused-ring (bicyclic) bond motifs is 1. The van der Waals surface area contributed by atoms with Crippen LogP contribution in [0.25, 0.3) is 0 Å². The Morgan fingerprint density at radius 3 is 2.52 bits per heavy atom. The van der Waals surface area contributed by atoms with E-state index in [1.165, 1.54) is 19.3 Å². The molecule has 0 saturated heterocycles. The zero-order valence-electron chi connectivity index (χ0n) is 17.9. The Balaban J connectivity index is 1.59. The minimum Gasteiger partial charge on any atom is -0.497 e. The van der Waals surface area contributed by atoms with Crippen molar-refractivity contribution in [2.24, 2.45) is 10.9 Å². The number of rotatable bonds is 4. The topological polar surface area (TPSA) is 66.0 Å². The molecule has 0 aromatic heterocycles. The summed E-state index contributed by atoms with van der Waals surface area (Å²) >= 11 is 5.50. The van der Waals surface area contributed by atoms with Crippen molar-refractivity contribution in [1.82, 2.24) is 5.32 Å². The minimum atomic E-state index is -0.771. The van der Waals surface area contributed by atoms with Crippen molar-refractivity contribution in [3.63, 3.8) is 0 Å². The number of para-hydroxylation sites is 1. The number of amides is 1. The van der Waals surface area contributed by atoms with Gasteiger partial charge in [-0.1, -0.05) is 37.5 Å². The number of nitrogens with one attached hydrogen (secondary N) is 2. The highest BCUT2D eigenvalue weighted by Crippen LogP contribution is 2.33. The van der Waals surface area contributed by atoms with Gasteiger partial charge in [0, 0.05) is 24.2 Å². The van der Waals surface area contributed by atoms with Crippen LogP contribution in [0.5, 0.6) is 5.75 Å². The predicted molar refractivity (Wildman–Crippen MR) is 129 cm³/mol. The highest BCUT2D eigenvalue weighted by Gasteiger charge is 2.32. The molecule has 2 aromatic rings. The molecule has 0 spiro atoms. The van der Waals surface area contributed by atoms with Crippen LogP contribution in [-0.2, 0) is 4.79 Å². The molecule has 2 N–H and O–H groups in total. The second-order valence-electron chi connectivity index (χ2n) is 7.99. The molecule has 2 aromatic carbocycles. The molecule has 1 aliphatic carbocycles. The van der Waals surface area contributed by atoms with E-state index < -0.39 is 6.17 Å². The molecule has 162 valence electrons. The van der Waals surface area contributed by atoms with Crippen LogP contribution in [0.4, 0.5) is 11.4 Å². The first-order chi connectivity index (χ1) is 15.1. The van der Waals surface area contributed by atoms with E-state index in [0.29, 0.717) is 11.0 Å². The van der Waals surface area contributed by atoms with Crippen LogP contribution in [0.1, 0.15) is 37.7 Å². The number of ether oxygens (including phenoxy) is 1. The summed E-state index contributed by atoms with van der Waals surface area (Å²) < 4.78 is 5.19. The number of hydrogen-bond acceptors (Lipinski definition) is 4. The van der Waals surface area contributed by atoms with Crippen molar-refractivity contribution >= 4 is 40.3 Å². The lowest BCUT2D eigenvalue weighted by atomic mass is 9.83. The van der Waals surface area contributed by atoms with Crippen molar-refractivity contribution in [1.29, 1.82) is 0 Å². The lowest BCUT2D eigenvalue weighted by Gasteiger charge is -2.25. The van der Waals surface area contributed by atoms with Gasteiger partial charge in [-0.05, 0) is 55.4 Å². The first kappa shape index (κ1) is 21.3. The highest BCUT2D eigenvalue weighted by atomic mass is 32.1. The normalized spacial score (nSPS) is 19.2.